The third kappa shape index (κ3) is 1.93. The second-order valence-corrected chi connectivity index (χ2v) is 3.84. The minimum atomic E-state index is 0.552. The summed E-state index contributed by atoms with van der Waals surface area (Å²) in [4.78, 5) is 5.01. The molecule has 0 aromatic rings. The molecule has 0 aliphatic carbocycles. The van der Waals surface area contributed by atoms with Crippen LogP contribution in [0.25, 0.3) is 0 Å². The van der Waals surface area contributed by atoms with Crippen molar-refractivity contribution < 1.29 is 0 Å². The van der Waals surface area contributed by atoms with Gasteiger partial charge in [-0.3, -0.25) is 4.90 Å². The van der Waals surface area contributed by atoms with Gasteiger partial charge in [0.15, 0.2) is 6.19 Å². The highest BCUT2D eigenvalue weighted by Gasteiger charge is 2.28. The first kappa shape index (κ1) is 8.79. The lowest BCUT2D eigenvalue weighted by molar-refractivity contribution is 0.115. The Hall–Kier alpha value is -0.790. The van der Waals surface area contributed by atoms with Gasteiger partial charge in [0.05, 0.1) is 0 Å². The van der Waals surface area contributed by atoms with Crippen LogP contribution in [0.5, 0.6) is 0 Å². The zero-order valence-electron chi connectivity index (χ0n) is 7.87. The van der Waals surface area contributed by atoms with E-state index in [1.807, 2.05) is 6.19 Å². The molecule has 3 rings (SSSR count). The van der Waals surface area contributed by atoms with Crippen molar-refractivity contribution in [3.05, 3.63) is 0 Å². The van der Waals surface area contributed by atoms with Crippen LogP contribution in [0.1, 0.15) is 6.42 Å². The van der Waals surface area contributed by atoms with Gasteiger partial charge in [-0.1, -0.05) is 0 Å². The van der Waals surface area contributed by atoms with Gasteiger partial charge in [0, 0.05) is 32.2 Å². The second kappa shape index (κ2) is 3.95. The number of nitrogens with zero attached hydrogens (tertiary/aromatic N) is 3. The van der Waals surface area contributed by atoms with Gasteiger partial charge in [-0.2, -0.15) is 5.26 Å². The van der Waals surface area contributed by atoms with Crippen LogP contribution in [0.3, 0.4) is 0 Å². The summed E-state index contributed by atoms with van der Waals surface area (Å²) < 4.78 is 0. The summed E-state index contributed by atoms with van der Waals surface area (Å²) in [6.45, 7) is 6.77. The molecule has 4 nitrogen and oxygen atoms in total. The SMILES string of the molecule is N#CNCC1CN2CCCN1CC2. The molecule has 0 radical (unpaired) electrons. The average molecular weight is 180 g/mol. The summed E-state index contributed by atoms with van der Waals surface area (Å²) in [7, 11) is 0. The van der Waals surface area contributed by atoms with Crippen LogP contribution in [-0.2, 0) is 0 Å². The maximum atomic E-state index is 8.44. The number of hydrogen-bond acceptors (Lipinski definition) is 4. The van der Waals surface area contributed by atoms with Gasteiger partial charge in [-0.25, -0.2) is 0 Å². The van der Waals surface area contributed by atoms with Crippen molar-refractivity contribution in [2.75, 3.05) is 39.3 Å². The smallest absolute Gasteiger partial charge is 0.176 e. The molecule has 13 heavy (non-hydrogen) atoms. The van der Waals surface area contributed by atoms with Gasteiger partial charge in [0.1, 0.15) is 0 Å². The fourth-order valence-corrected chi connectivity index (χ4v) is 2.31. The Morgan fingerprint density at radius 3 is 3.08 bits per heavy atom. The minimum Gasteiger partial charge on any atom is -0.322 e. The van der Waals surface area contributed by atoms with E-state index in [1.54, 1.807) is 0 Å². The number of fused-ring (bicyclic) bond motifs is 4. The molecule has 3 atom stereocenters. The molecule has 0 spiro atoms. The molecular weight excluding hydrogens is 164 g/mol. The Morgan fingerprint density at radius 1 is 1.31 bits per heavy atom. The highest BCUT2D eigenvalue weighted by atomic mass is 15.3. The van der Waals surface area contributed by atoms with Gasteiger partial charge >= 0.3 is 0 Å². The first-order chi connectivity index (χ1) is 6.40. The largest absolute Gasteiger partial charge is 0.322 e. The normalized spacial score (nSPS) is 37.9. The van der Waals surface area contributed by atoms with Crippen molar-refractivity contribution in [3.63, 3.8) is 0 Å². The third-order valence-corrected chi connectivity index (χ3v) is 3.03. The van der Waals surface area contributed by atoms with E-state index in [4.69, 9.17) is 5.26 Å². The number of rotatable bonds is 2. The van der Waals surface area contributed by atoms with Crippen molar-refractivity contribution in [1.82, 2.24) is 15.1 Å². The summed E-state index contributed by atoms with van der Waals surface area (Å²) in [6.07, 6.45) is 3.28. The lowest BCUT2D eigenvalue weighted by atomic mass is 10.2. The maximum Gasteiger partial charge on any atom is 0.176 e. The lowest BCUT2D eigenvalue weighted by Crippen LogP contribution is -2.53. The Bertz CT molecular complexity index is 206. The second-order valence-electron chi connectivity index (χ2n) is 3.84. The fraction of sp³-hybridized carbons (Fsp3) is 0.889. The first-order valence-corrected chi connectivity index (χ1v) is 4.98. The van der Waals surface area contributed by atoms with E-state index in [0.717, 1.165) is 13.1 Å². The number of nitriles is 1. The predicted molar refractivity (Wildman–Crippen MR) is 50.0 cm³/mol. The molecule has 1 N–H and O–H groups in total. The summed E-state index contributed by atoms with van der Waals surface area (Å²) in [5.74, 6) is 0. The molecule has 0 saturated carbocycles. The van der Waals surface area contributed by atoms with Gasteiger partial charge < -0.3 is 10.2 Å². The highest BCUT2D eigenvalue weighted by Crippen LogP contribution is 2.14. The Balaban J connectivity index is 1.93. The van der Waals surface area contributed by atoms with Gasteiger partial charge in [0.2, 0.25) is 0 Å². The van der Waals surface area contributed by atoms with Crippen LogP contribution in [-0.4, -0.2) is 55.1 Å². The van der Waals surface area contributed by atoms with Crippen LogP contribution < -0.4 is 5.32 Å². The Morgan fingerprint density at radius 2 is 2.23 bits per heavy atom. The van der Waals surface area contributed by atoms with Gasteiger partial charge in [0.25, 0.3) is 0 Å². The monoisotopic (exact) mass is 180 g/mol. The molecule has 3 unspecified atom stereocenters. The molecule has 3 saturated heterocycles. The molecule has 0 aromatic heterocycles. The number of piperazine rings is 1. The topological polar surface area (TPSA) is 42.3 Å². The molecule has 3 fully saturated rings. The van der Waals surface area contributed by atoms with E-state index in [-0.39, 0.29) is 0 Å². The summed E-state index contributed by atoms with van der Waals surface area (Å²) in [5.41, 5.74) is 0. The Kier molecular flexibility index (Phi) is 2.67. The van der Waals surface area contributed by atoms with Crippen LogP contribution in [0.2, 0.25) is 0 Å². The van der Waals surface area contributed by atoms with Crippen molar-refractivity contribution >= 4 is 0 Å². The van der Waals surface area contributed by atoms with Crippen LogP contribution in [0.4, 0.5) is 0 Å². The van der Waals surface area contributed by atoms with E-state index in [9.17, 15) is 0 Å². The quantitative estimate of drug-likeness (QED) is 0.457. The van der Waals surface area contributed by atoms with Crippen LogP contribution >= 0.6 is 0 Å². The molecular formula is C9H16N4. The molecule has 2 bridgehead atoms. The van der Waals surface area contributed by atoms with Gasteiger partial charge in [-0.05, 0) is 19.5 Å². The first-order valence-electron chi connectivity index (χ1n) is 4.98. The van der Waals surface area contributed by atoms with E-state index in [2.05, 4.69) is 15.1 Å². The zero-order valence-corrected chi connectivity index (χ0v) is 7.87. The summed E-state index contributed by atoms with van der Waals surface area (Å²) in [6, 6.07) is 0.552. The highest BCUT2D eigenvalue weighted by molar-refractivity contribution is 4.88. The minimum absolute atomic E-state index is 0.552. The lowest BCUT2D eigenvalue weighted by Gasteiger charge is -2.37. The fourth-order valence-electron chi connectivity index (χ4n) is 2.31. The van der Waals surface area contributed by atoms with E-state index >= 15 is 0 Å². The molecule has 3 aliphatic heterocycles. The molecule has 0 aromatic carbocycles. The third-order valence-electron chi connectivity index (χ3n) is 3.03. The predicted octanol–water partition coefficient (Wildman–Crippen LogP) is -0.553. The summed E-state index contributed by atoms with van der Waals surface area (Å²) >= 11 is 0. The van der Waals surface area contributed by atoms with E-state index in [1.165, 1.54) is 32.6 Å². The van der Waals surface area contributed by atoms with Crippen molar-refractivity contribution in [1.29, 1.82) is 5.26 Å². The van der Waals surface area contributed by atoms with E-state index in [0.29, 0.717) is 6.04 Å². The van der Waals surface area contributed by atoms with Crippen molar-refractivity contribution in [2.45, 2.75) is 12.5 Å². The molecule has 3 heterocycles. The van der Waals surface area contributed by atoms with Gasteiger partial charge in [-0.15, -0.1) is 0 Å². The van der Waals surface area contributed by atoms with Crippen LogP contribution in [0.15, 0.2) is 0 Å². The Labute approximate surface area is 79.1 Å². The van der Waals surface area contributed by atoms with E-state index < -0.39 is 0 Å². The maximum absolute atomic E-state index is 8.44. The molecule has 4 heteroatoms. The zero-order chi connectivity index (χ0) is 9.10. The molecule has 72 valence electrons. The average Bonchev–Trinajstić information content (AvgIpc) is 2.48. The van der Waals surface area contributed by atoms with Crippen LogP contribution in [0, 0.1) is 11.5 Å². The van der Waals surface area contributed by atoms with Crippen molar-refractivity contribution in [2.24, 2.45) is 0 Å². The molecule has 0 amide bonds. The molecule has 3 aliphatic rings. The number of hydrogen-bond donors (Lipinski definition) is 1. The summed E-state index contributed by atoms with van der Waals surface area (Å²) in [5, 5.41) is 11.2. The number of nitrogens with one attached hydrogen (secondary N) is 1. The standard InChI is InChI=1S/C9H16N4/c10-8-11-6-9-7-12-2-1-3-13(9)5-4-12/h9,11H,1-7H2. The van der Waals surface area contributed by atoms with Crippen molar-refractivity contribution in [3.8, 4) is 6.19 Å².